The van der Waals surface area contributed by atoms with Crippen LogP contribution >= 0.6 is 0 Å². The van der Waals surface area contributed by atoms with Crippen LogP contribution in [0, 0.1) is 5.82 Å². The fourth-order valence-corrected chi connectivity index (χ4v) is 1.82. The fourth-order valence-electron chi connectivity index (χ4n) is 1.82. The van der Waals surface area contributed by atoms with Crippen LogP contribution in [0.4, 0.5) is 10.1 Å². The van der Waals surface area contributed by atoms with Gasteiger partial charge in [0.05, 0.1) is 0 Å². The van der Waals surface area contributed by atoms with Gasteiger partial charge in [0.15, 0.2) is 0 Å². The molecule has 0 spiro atoms. The van der Waals surface area contributed by atoms with E-state index in [2.05, 4.69) is 4.98 Å². The van der Waals surface area contributed by atoms with Crippen molar-refractivity contribution in [3.05, 3.63) is 64.3 Å². The lowest BCUT2D eigenvalue weighted by Crippen LogP contribution is -2.31. The predicted molar refractivity (Wildman–Crippen MR) is 70.8 cm³/mol. The van der Waals surface area contributed by atoms with Gasteiger partial charge in [-0.2, -0.15) is 0 Å². The van der Waals surface area contributed by atoms with Gasteiger partial charge in [-0.3, -0.25) is 9.59 Å². The minimum absolute atomic E-state index is 0.273. The Hall–Kier alpha value is -2.43. The molecule has 1 heterocycles. The van der Waals surface area contributed by atoms with Gasteiger partial charge in [-0.15, -0.1) is 0 Å². The van der Waals surface area contributed by atoms with E-state index in [0.717, 1.165) is 0 Å². The van der Waals surface area contributed by atoms with E-state index in [1.807, 2.05) is 0 Å². The van der Waals surface area contributed by atoms with Gasteiger partial charge in [-0.1, -0.05) is 6.07 Å². The highest BCUT2D eigenvalue weighted by atomic mass is 19.1. The number of nitrogens with zero attached hydrogens (tertiary/aromatic N) is 1. The Morgan fingerprint density at radius 1 is 1.32 bits per heavy atom. The number of aromatic nitrogens is 1. The number of carbonyl (C=O) groups is 1. The fraction of sp³-hybridized carbons (Fsp3) is 0.143. The second-order valence-corrected chi connectivity index (χ2v) is 3.97. The predicted octanol–water partition coefficient (Wildman–Crippen LogP) is 2.18. The minimum Gasteiger partial charge on any atom is -0.329 e. The number of benzene rings is 1. The van der Waals surface area contributed by atoms with Crippen molar-refractivity contribution >= 4 is 11.6 Å². The number of hydrogen-bond donors (Lipinski definition) is 1. The van der Waals surface area contributed by atoms with Gasteiger partial charge in [0, 0.05) is 30.1 Å². The van der Waals surface area contributed by atoms with Crippen molar-refractivity contribution in [2.75, 3.05) is 11.4 Å². The molecule has 0 saturated carbocycles. The Labute approximate surface area is 109 Å². The van der Waals surface area contributed by atoms with Crippen LogP contribution in [-0.4, -0.2) is 17.4 Å². The molecule has 19 heavy (non-hydrogen) atoms. The van der Waals surface area contributed by atoms with E-state index in [1.54, 1.807) is 19.1 Å². The zero-order chi connectivity index (χ0) is 13.8. The summed E-state index contributed by atoms with van der Waals surface area (Å²) in [7, 11) is 0. The molecular weight excluding hydrogens is 247 g/mol. The molecule has 0 aliphatic carbocycles. The number of anilines is 1. The summed E-state index contributed by atoms with van der Waals surface area (Å²) in [6.07, 6.45) is 1.41. The number of rotatable bonds is 3. The number of carbonyl (C=O) groups excluding carboxylic acids is 1. The Kier molecular flexibility index (Phi) is 3.75. The minimum atomic E-state index is -0.408. The zero-order valence-corrected chi connectivity index (χ0v) is 10.4. The van der Waals surface area contributed by atoms with Crippen molar-refractivity contribution in [2.24, 2.45) is 0 Å². The average molecular weight is 260 g/mol. The molecule has 1 aromatic carbocycles. The summed E-state index contributed by atoms with van der Waals surface area (Å²) in [5, 5.41) is 0. The molecule has 0 fully saturated rings. The summed E-state index contributed by atoms with van der Waals surface area (Å²) in [6, 6.07) is 8.54. The molecule has 0 radical (unpaired) electrons. The first kappa shape index (κ1) is 13.0. The Bertz CT molecular complexity index is 652. The molecule has 0 aliphatic rings. The summed E-state index contributed by atoms with van der Waals surface area (Å²) in [5.41, 5.74) is 0.392. The standard InChI is InChI=1S/C14H13FN2O2/c1-2-17(12-5-3-4-11(15)9-12)14(19)10-6-7-16-13(18)8-10/h3-9H,2H2,1H3,(H,16,18). The Morgan fingerprint density at radius 2 is 2.11 bits per heavy atom. The highest BCUT2D eigenvalue weighted by Gasteiger charge is 2.16. The van der Waals surface area contributed by atoms with Gasteiger partial charge in [-0.05, 0) is 31.2 Å². The van der Waals surface area contributed by atoms with Gasteiger partial charge < -0.3 is 9.88 Å². The van der Waals surface area contributed by atoms with E-state index in [0.29, 0.717) is 12.2 Å². The summed E-state index contributed by atoms with van der Waals surface area (Å²) in [6.45, 7) is 2.17. The highest BCUT2D eigenvalue weighted by Crippen LogP contribution is 2.17. The molecule has 1 amide bonds. The van der Waals surface area contributed by atoms with Crippen LogP contribution in [0.5, 0.6) is 0 Å². The number of hydrogen-bond acceptors (Lipinski definition) is 2. The summed E-state index contributed by atoms with van der Waals surface area (Å²) in [4.78, 5) is 27.4. The van der Waals surface area contributed by atoms with E-state index < -0.39 is 5.82 Å². The highest BCUT2D eigenvalue weighted by molar-refractivity contribution is 6.05. The lowest BCUT2D eigenvalue weighted by molar-refractivity contribution is 0.0988. The molecule has 0 bridgehead atoms. The quantitative estimate of drug-likeness (QED) is 0.919. The molecule has 5 heteroatoms. The molecule has 0 atom stereocenters. The Balaban J connectivity index is 2.37. The van der Waals surface area contributed by atoms with Gasteiger partial charge in [0.2, 0.25) is 5.56 Å². The maximum absolute atomic E-state index is 13.2. The summed E-state index contributed by atoms with van der Waals surface area (Å²) >= 11 is 0. The lowest BCUT2D eigenvalue weighted by Gasteiger charge is -2.21. The normalized spacial score (nSPS) is 10.2. The third-order valence-electron chi connectivity index (χ3n) is 2.70. The molecule has 1 N–H and O–H groups in total. The SMILES string of the molecule is CCN(C(=O)c1cc[nH]c(=O)c1)c1cccc(F)c1. The first-order valence-electron chi connectivity index (χ1n) is 5.88. The topological polar surface area (TPSA) is 53.2 Å². The van der Waals surface area contributed by atoms with Crippen molar-refractivity contribution in [1.82, 2.24) is 4.98 Å². The number of aromatic amines is 1. The van der Waals surface area contributed by atoms with Crippen molar-refractivity contribution in [3.63, 3.8) is 0 Å². The second kappa shape index (κ2) is 5.48. The first-order valence-corrected chi connectivity index (χ1v) is 5.88. The van der Waals surface area contributed by atoms with E-state index in [-0.39, 0.29) is 17.0 Å². The molecule has 0 aliphatic heterocycles. The van der Waals surface area contributed by atoms with E-state index >= 15 is 0 Å². The summed E-state index contributed by atoms with van der Waals surface area (Å²) in [5.74, 6) is -0.742. The van der Waals surface area contributed by atoms with Crippen LogP contribution < -0.4 is 10.5 Å². The van der Waals surface area contributed by atoms with Crippen molar-refractivity contribution < 1.29 is 9.18 Å². The largest absolute Gasteiger partial charge is 0.329 e. The molecule has 0 saturated heterocycles. The molecule has 4 nitrogen and oxygen atoms in total. The van der Waals surface area contributed by atoms with Gasteiger partial charge in [-0.25, -0.2) is 4.39 Å². The van der Waals surface area contributed by atoms with Crippen LogP contribution in [-0.2, 0) is 0 Å². The number of pyridine rings is 1. The molecular formula is C14H13FN2O2. The van der Waals surface area contributed by atoms with Crippen LogP contribution in [0.3, 0.4) is 0 Å². The lowest BCUT2D eigenvalue weighted by atomic mass is 10.2. The second-order valence-electron chi connectivity index (χ2n) is 3.97. The number of nitrogens with one attached hydrogen (secondary N) is 1. The van der Waals surface area contributed by atoms with E-state index in [4.69, 9.17) is 0 Å². The maximum atomic E-state index is 13.2. The van der Waals surface area contributed by atoms with Crippen LogP contribution in [0.1, 0.15) is 17.3 Å². The van der Waals surface area contributed by atoms with Gasteiger partial charge in [0.1, 0.15) is 5.82 Å². The van der Waals surface area contributed by atoms with Crippen molar-refractivity contribution in [3.8, 4) is 0 Å². The van der Waals surface area contributed by atoms with Gasteiger partial charge in [0.25, 0.3) is 5.91 Å². The number of amides is 1. The number of H-pyrrole nitrogens is 1. The first-order chi connectivity index (χ1) is 9.11. The van der Waals surface area contributed by atoms with Gasteiger partial charge >= 0.3 is 0 Å². The third kappa shape index (κ3) is 2.88. The molecule has 2 rings (SSSR count). The molecule has 2 aromatic rings. The number of halogens is 1. The third-order valence-corrected chi connectivity index (χ3v) is 2.70. The molecule has 0 unspecified atom stereocenters. The zero-order valence-electron chi connectivity index (χ0n) is 10.4. The van der Waals surface area contributed by atoms with E-state index in [9.17, 15) is 14.0 Å². The molecule has 98 valence electrons. The van der Waals surface area contributed by atoms with Crippen LogP contribution in [0.25, 0.3) is 0 Å². The van der Waals surface area contributed by atoms with E-state index in [1.165, 1.54) is 35.4 Å². The van der Waals surface area contributed by atoms with Crippen molar-refractivity contribution in [1.29, 1.82) is 0 Å². The molecule has 1 aromatic heterocycles. The maximum Gasteiger partial charge on any atom is 0.258 e. The Morgan fingerprint density at radius 3 is 2.74 bits per heavy atom. The average Bonchev–Trinajstić information content (AvgIpc) is 2.39. The van der Waals surface area contributed by atoms with Crippen LogP contribution in [0.15, 0.2) is 47.4 Å². The summed E-state index contributed by atoms with van der Waals surface area (Å²) < 4.78 is 13.2. The van der Waals surface area contributed by atoms with Crippen molar-refractivity contribution in [2.45, 2.75) is 6.92 Å². The smallest absolute Gasteiger partial charge is 0.258 e. The van der Waals surface area contributed by atoms with Crippen LogP contribution in [0.2, 0.25) is 0 Å². The monoisotopic (exact) mass is 260 g/mol.